The Morgan fingerprint density at radius 3 is 2.88 bits per heavy atom. The minimum absolute atomic E-state index is 0.307. The maximum absolute atomic E-state index is 5.63. The lowest BCUT2D eigenvalue weighted by Gasteiger charge is -2.38. The number of pyridine rings is 1. The zero-order valence-corrected chi connectivity index (χ0v) is 20.0. The normalized spacial score (nSPS) is 16.3. The number of methoxy groups -OCH3 is 1. The molecule has 1 atom stereocenters. The van der Waals surface area contributed by atoms with Gasteiger partial charge in [-0.1, -0.05) is 6.07 Å². The van der Waals surface area contributed by atoms with Crippen LogP contribution < -0.4 is 20.3 Å². The molecular formula is C25H30N8O. The minimum atomic E-state index is 0.307. The molecule has 1 saturated heterocycles. The molecule has 0 spiro atoms. The van der Waals surface area contributed by atoms with E-state index in [1.807, 2.05) is 54.3 Å². The Morgan fingerprint density at radius 2 is 2.06 bits per heavy atom. The molecule has 9 heteroatoms. The minimum Gasteiger partial charge on any atom is -0.495 e. The zero-order valence-electron chi connectivity index (χ0n) is 20.0. The van der Waals surface area contributed by atoms with Gasteiger partial charge >= 0.3 is 0 Å². The Balaban J connectivity index is 1.46. The first kappa shape index (κ1) is 22.1. The highest BCUT2D eigenvalue weighted by molar-refractivity contribution is 5.80. The van der Waals surface area contributed by atoms with E-state index in [-0.39, 0.29) is 0 Å². The van der Waals surface area contributed by atoms with Gasteiger partial charge in [0.05, 0.1) is 36.4 Å². The van der Waals surface area contributed by atoms with Crippen molar-refractivity contribution in [3.63, 3.8) is 0 Å². The molecule has 2 N–H and O–H groups in total. The van der Waals surface area contributed by atoms with Crippen LogP contribution >= 0.6 is 0 Å². The van der Waals surface area contributed by atoms with Crippen LogP contribution in [0.1, 0.15) is 5.56 Å². The van der Waals surface area contributed by atoms with Crippen LogP contribution in [0.15, 0.2) is 55.0 Å². The van der Waals surface area contributed by atoms with Crippen molar-refractivity contribution in [1.29, 1.82) is 0 Å². The summed E-state index contributed by atoms with van der Waals surface area (Å²) in [6.07, 6.45) is 5.93. The summed E-state index contributed by atoms with van der Waals surface area (Å²) in [5.74, 6) is 1.25. The highest BCUT2D eigenvalue weighted by atomic mass is 16.5. The molecule has 1 unspecified atom stereocenters. The van der Waals surface area contributed by atoms with E-state index in [9.17, 15) is 0 Å². The van der Waals surface area contributed by atoms with Gasteiger partial charge in [-0.25, -0.2) is 14.5 Å². The number of hydrogen-bond donors (Lipinski definition) is 2. The quantitative estimate of drug-likeness (QED) is 0.456. The number of nitrogens with one attached hydrogen (secondary N) is 2. The Kier molecular flexibility index (Phi) is 6.04. The molecule has 5 rings (SSSR count). The van der Waals surface area contributed by atoms with Crippen molar-refractivity contribution in [2.24, 2.45) is 0 Å². The Morgan fingerprint density at radius 1 is 1.18 bits per heavy atom. The number of anilines is 3. The van der Waals surface area contributed by atoms with Gasteiger partial charge in [0.25, 0.3) is 0 Å². The summed E-state index contributed by atoms with van der Waals surface area (Å²) in [5, 5.41) is 11.4. The number of piperazine rings is 1. The van der Waals surface area contributed by atoms with Gasteiger partial charge in [0.1, 0.15) is 5.75 Å². The molecular weight excluding hydrogens is 428 g/mol. The maximum Gasteiger partial charge on any atom is 0.227 e. The van der Waals surface area contributed by atoms with Crippen molar-refractivity contribution < 1.29 is 4.74 Å². The maximum atomic E-state index is 5.63. The van der Waals surface area contributed by atoms with Gasteiger partial charge in [0.2, 0.25) is 5.95 Å². The van der Waals surface area contributed by atoms with Gasteiger partial charge < -0.3 is 15.0 Å². The van der Waals surface area contributed by atoms with Crippen LogP contribution in [0.5, 0.6) is 5.75 Å². The molecule has 4 heterocycles. The third kappa shape index (κ3) is 4.27. The predicted molar refractivity (Wildman–Crippen MR) is 135 cm³/mol. The van der Waals surface area contributed by atoms with Crippen LogP contribution in [0.2, 0.25) is 0 Å². The van der Waals surface area contributed by atoms with Gasteiger partial charge in [0, 0.05) is 43.3 Å². The van der Waals surface area contributed by atoms with Crippen LogP contribution in [0.3, 0.4) is 0 Å². The fourth-order valence-electron chi connectivity index (χ4n) is 4.31. The number of fused-ring (bicyclic) bond motifs is 1. The van der Waals surface area contributed by atoms with Crippen LogP contribution in [0.25, 0.3) is 16.8 Å². The first-order valence-electron chi connectivity index (χ1n) is 11.4. The van der Waals surface area contributed by atoms with E-state index < -0.39 is 0 Å². The summed E-state index contributed by atoms with van der Waals surface area (Å²) in [7, 11) is 5.87. The summed E-state index contributed by atoms with van der Waals surface area (Å²) in [4.78, 5) is 14.0. The van der Waals surface area contributed by atoms with E-state index in [4.69, 9.17) is 9.72 Å². The standard InChI is InChI=1S/C25H30N8O/c1-17-14-27-25(30-24(17)19-15-28-33-11-6-5-7-21(19)33)29-20-13-18(8-9-22(20)34-4)32-12-10-26-23(16-32)31(2)3/h5-9,11,13-15,23,26H,10,12,16H2,1-4H3,(H,27,29,30). The SMILES string of the molecule is COc1ccc(N2CCNC(N(C)C)C2)cc1Nc1ncc(C)c(-c2cnn3ccccc23)n1. The van der Waals surface area contributed by atoms with Crippen molar-refractivity contribution in [2.45, 2.75) is 13.1 Å². The van der Waals surface area contributed by atoms with Gasteiger partial charge in [-0.05, 0) is 56.9 Å². The van der Waals surface area contributed by atoms with E-state index in [2.05, 4.69) is 56.7 Å². The fraction of sp³-hybridized carbons (Fsp3) is 0.320. The summed E-state index contributed by atoms with van der Waals surface area (Å²) < 4.78 is 7.48. The van der Waals surface area contributed by atoms with Crippen LogP contribution in [-0.4, -0.2) is 71.5 Å². The third-order valence-corrected chi connectivity index (χ3v) is 6.23. The van der Waals surface area contributed by atoms with Crippen molar-refractivity contribution in [1.82, 2.24) is 29.8 Å². The topological polar surface area (TPSA) is 82.9 Å². The summed E-state index contributed by atoms with van der Waals surface area (Å²) >= 11 is 0. The van der Waals surface area contributed by atoms with Crippen molar-refractivity contribution in [3.8, 4) is 17.0 Å². The van der Waals surface area contributed by atoms with Gasteiger partial charge in [-0.15, -0.1) is 0 Å². The molecule has 1 aliphatic heterocycles. The van der Waals surface area contributed by atoms with E-state index in [1.54, 1.807) is 7.11 Å². The molecule has 0 bridgehead atoms. The van der Waals surface area contributed by atoms with Gasteiger partial charge in [0.15, 0.2) is 0 Å². The van der Waals surface area contributed by atoms with Gasteiger partial charge in [-0.2, -0.15) is 5.10 Å². The first-order chi connectivity index (χ1) is 16.5. The number of ether oxygens (including phenoxy) is 1. The fourth-order valence-corrected chi connectivity index (χ4v) is 4.31. The van der Waals surface area contributed by atoms with Crippen LogP contribution in [0.4, 0.5) is 17.3 Å². The largest absolute Gasteiger partial charge is 0.495 e. The van der Waals surface area contributed by atoms with Crippen LogP contribution in [-0.2, 0) is 0 Å². The van der Waals surface area contributed by atoms with Crippen LogP contribution in [0, 0.1) is 6.92 Å². The predicted octanol–water partition coefficient (Wildman–Crippen LogP) is 3.15. The molecule has 0 radical (unpaired) electrons. The van der Waals surface area contributed by atoms with Crippen molar-refractivity contribution in [2.75, 3.05) is 51.1 Å². The molecule has 3 aromatic heterocycles. The average Bonchev–Trinajstić information content (AvgIpc) is 3.29. The number of likely N-dealkylation sites (N-methyl/N-ethyl adjacent to an activating group) is 1. The molecule has 34 heavy (non-hydrogen) atoms. The summed E-state index contributed by atoms with van der Waals surface area (Å²) in [6, 6.07) is 12.2. The molecule has 4 aromatic rings. The lowest BCUT2D eigenvalue weighted by Crippen LogP contribution is -2.56. The second-order valence-corrected chi connectivity index (χ2v) is 8.70. The number of benzene rings is 1. The second kappa shape index (κ2) is 9.28. The number of aromatic nitrogens is 4. The van der Waals surface area contributed by atoms with E-state index in [0.717, 1.165) is 59.1 Å². The third-order valence-electron chi connectivity index (χ3n) is 6.23. The average molecular weight is 459 g/mol. The van der Waals surface area contributed by atoms with E-state index in [0.29, 0.717) is 12.1 Å². The molecule has 176 valence electrons. The van der Waals surface area contributed by atoms with Gasteiger partial charge in [-0.3, -0.25) is 10.2 Å². The first-order valence-corrected chi connectivity index (χ1v) is 11.4. The highest BCUT2D eigenvalue weighted by Crippen LogP contribution is 2.33. The lowest BCUT2D eigenvalue weighted by molar-refractivity contribution is 0.232. The zero-order chi connectivity index (χ0) is 23.7. The highest BCUT2D eigenvalue weighted by Gasteiger charge is 2.22. The Bertz CT molecular complexity index is 1300. The molecule has 1 aromatic carbocycles. The van der Waals surface area contributed by atoms with E-state index in [1.165, 1.54) is 0 Å². The van der Waals surface area contributed by atoms with E-state index >= 15 is 0 Å². The second-order valence-electron chi connectivity index (χ2n) is 8.70. The van der Waals surface area contributed by atoms with Crippen molar-refractivity contribution >= 4 is 22.8 Å². The molecule has 0 amide bonds. The monoisotopic (exact) mass is 458 g/mol. The molecule has 1 aliphatic rings. The number of hydrogen-bond acceptors (Lipinski definition) is 8. The summed E-state index contributed by atoms with van der Waals surface area (Å²) in [6.45, 7) is 4.79. The number of nitrogens with zero attached hydrogens (tertiary/aromatic N) is 6. The molecule has 0 saturated carbocycles. The van der Waals surface area contributed by atoms with Crippen molar-refractivity contribution in [3.05, 3.63) is 60.6 Å². The number of rotatable bonds is 6. The Labute approximate surface area is 199 Å². The lowest BCUT2D eigenvalue weighted by atomic mass is 10.1. The number of aryl methyl sites for hydroxylation is 1. The summed E-state index contributed by atoms with van der Waals surface area (Å²) in [5.41, 5.74) is 5.77. The molecule has 1 fully saturated rings. The molecule has 0 aliphatic carbocycles. The smallest absolute Gasteiger partial charge is 0.227 e. The molecule has 9 nitrogen and oxygen atoms in total. The Hall–Kier alpha value is -3.69.